The Balaban J connectivity index is 1.88. The molecular formula is C19H24N2O3. The second kappa shape index (κ2) is 9.03. The van der Waals surface area contributed by atoms with Gasteiger partial charge in [0.25, 0.3) is 5.91 Å². The van der Waals surface area contributed by atoms with Crippen LogP contribution in [0.3, 0.4) is 0 Å². The number of nitrogens with zero attached hydrogens (tertiary/aromatic N) is 1. The van der Waals surface area contributed by atoms with Crippen molar-refractivity contribution in [2.75, 3.05) is 6.54 Å². The summed E-state index contributed by atoms with van der Waals surface area (Å²) in [5.74, 6) is 0.465. The smallest absolute Gasteiger partial charge is 0.251 e. The average molecular weight is 328 g/mol. The third kappa shape index (κ3) is 6.01. The van der Waals surface area contributed by atoms with Gasteiger partial charge in [-0.25, -0.2) is 4.98 Å². The highest BCUT2D eigenvalue weighted by Crippen LogP contribution is 2.12. The van der Waals surface area contributed by atoms with E-state index in [9.17, 15) is 9.90 Å². The second-order valence-corrected chi connectivity index (χ2v) is 6.06. The number of rotatable bonds is 8. The summed E-state index contributed by atoms with van der Waals surface area (Å²) in [6, 6.07) is 13.1. The van der Waals surface area contributed by atoms with Gasteiger partial charge < -0.3 is 15.2 Å². The Kier molecular flexibility index (Phi) is 6.75. The molecule has 1 heterocycles. The Morgan fingerprint density at radius 1 is 1.25 bits per heavy atom. The van der Waals surface area contributed by atoms with Gasteiger partial charge in [0.15, 0.2) is 0 Å². The number of nitrogens with one attached hydrogen (secondary N) is 1. The molecule has 0 aliphatic heterocycles. The lowest BCUT2D eigenvalue weighted by atomic mass is 10.0. The number of carbonyl (C=O) groups is 1. The molecule has 5 nitrogen and oxygen atoms in total. The largest absolute Gasteiger partial charge is 0.473 e. The van der Waals surface area contributed by atoms with E-state index in [2.05, 4.69) is 10.3 Å². The van der Waals surface area contributed by atoms with Gasteiger partial charge in [0.2, 0.25) is 5.88 Å². The minimum absolute atomic E-state index is 0.167. The predicted octanol–water partition coefficient (Wildman–Crippen LogP) is 2.80. The van der Waals surface area contributed by atoms with Crippen LogP contribution in [0.1, 0.15) is 36.2 Å². The van der Waals surface area contributed by atoms with Crippen LogP contribution in [0.2, 0.25) is 0 Å². The van der Waals surface area contributed by atoms with Crippen molar-refractivity contribution in [1.82, 2.24) is 10.3 Å². The van der Waals surface area contributed by atoms with Gasteiger partial charge in [-0.05, 0) is 30.9 Å². The van der Waals surface area contributed by atoms with Crippen molar-refractivity contribution in [3.8, 4) is 5.88 Å². The van der Waals surface area contributed by atoms with Crippen LogP contribution in [-0.2, 0) is 6.61 Å². The van der Waals surface area contributed by atoms with Gasteiger partial charge in [-0.15, -0.1) is 0 Å². The van der Waals surface area contributed by atoms with E-state index in [1.807, 2.05) is 37.3 Å². The maximum Gasteiger partial charge on any atom is 0.251 e. The van der Waals surface area contributed by atoms with Crippen LogP contribution in [0.15, 0.2) is 48.7 Å². The first-order valence-corrected chi connectivity index (χ1v) is 8.13. The zero-order valence-electron chi connectivity index (χ0n) is 14.1. The standard InChI is InChI=1S/C19H24N2O3/c1-14(10-15(2)22)12-21-19(23)17-8-9-20-18(11-17)24-13-16-6-4-3-5-7-16/h3-9,11,14-15,22H,10,12-13H2,1-2H3,(H,21,23). The quantitative estimate of drug-likeness (QED) is 0.782. The van der Waals surface area contributed by atoms with Gasteiger partial charge >= 0.3 is 0 Å². The molecule has 1 aromatic carbocycles. The maximum absolute atomic E-state index is 12.2. The van der Waals surface area contributed by atoms with Gasteiger partial charge in [0, 0.05) is 24.4 Å². The van der Waals surface area contributed by atoms with Crippen LogP contribution in [0.5, 0.6) is 5.88 Å². The molecular weight excluding hydrogens is 304 g/mol. The summed E-state index contributed by atoms with van der Waals surface area (Å²) in [5, 5.41) is 12.2. The van der Waals surface area contributed by atoms with Crippen molar-refractivity contribution in [1.29, 1.82) is 0 Å². The van der Waals surface area contributed by atoms with E-state index in [0.717, 1.165) is 5.56 Å². The molecule has 0 aliphatic carbocycles. The van der Waals surface area contributed by atoms with E-state index in [0.29, 0.717) is 31.0 Å². The summed E-state index contributed by atoms with van der Waals surface area (Å²) in [6.07, 6.45) is 1.85. The minimum Gasteiger partial charge on any atom is -0.473 e. The zero-order chi connectivity index (χ0) is 17.4. The predicted molar refractivity (Wildman–Crippen MR) is 92.8 cm³/mol. The van der Waals surface area contributed by atoms with Crippen LogP contribution < -0.4 is 10.1 Å². The van der Waals surface area contributed by atoms with E-state index in [4.69, 9.17) is 4.74 Å². The van der Waals surface area contributed by atoms with Gasteiger partial charge in [-0.3, -0.25) is 4.79 Å². The summed E-state index contributed by atoms with van der Waals surface area (Å²) in [7, 11) is 0. The normalized spacial score (nSPS) is 13.1. The summed E-state index contributed by atoms with van der Waals surface area (Å²) in [6.45, 7) is 4.67. The molecule has 5 heteroatoms. The SMILES string of the molecule is CC(O)CC(C)CNC(=O)c1ccnc(OCc2ccccc2)c1. The van der Waals surface area contributed by atoms with Crippen molar-refractivity contribution in [2.45, 2.75) is 33.0 Å². The van der Waals surface area contributed by atoms with Crippen molar-refractivity contribution in [3.63, 3.8) is 0 Å². The average Bonchev–Trinajstić information content (AvgIpc) is 2.58. The molecule has 0 radical (unpaired) electrons. The van der Waals surface area contributed by atoms with Crippen LogP contribution in [-0.4, -0.2) is 28.6 Å². The Hall–Kier alpha value is -2.40. The zero-order valence-corrected chi connectivity index (χ0v) is 14.1. The number of amides is 1. The lowest BCUT2D eigenvalue weighted by Gasteiger charge is -2.14. The fourth-order valence-electron chi connectivity index (χ4n) is 2.40. The van der Waals surface area contributed by atoms with Crippen LogP contribution in [0.25, 0.3) is 0 Å². The third-order valence-corrected chi connectivity index (χ3v) is 3.58. The van der Waals surface area contributed by atoms with E-state index in [1.165, 1.54) is 0 Å². The highest BCUT2D eigenvalue weighted by Gasteiger charge is 2.11. The first-order chi connectivity index (χ1) is 11.5. The Morgan fingerprint density at radius 2 is 2.00 bits per heavy atom. The van der Waals surface area contributed by atoms with E-state index in [1.54, 1.807) is 25.3 Å². The minimum atomic E-state index is -0.365. The Labute approximate surface area is 142 Å². The maximum atomic E-state index is 12.2. The number of aliphatic hydroxyl groups excluding tert-OH is 1. The highest BCUT2D eigenvalue weighted by atomic mass is 16.5. The fraction of sp³-hybridized carbons (Fsp3) is 0.368. The first-order valence-electron chi connectivity index (χ1n) is 8.13. The van der Waals surface area contributed by atoms with Crippen molar-refractivity contribution in [2.24, 2.45) is 5.92 Å². The summed E-state index contributed by atoms with van der Waals surface area (Å²) in [4.78, 5) is 16.3. The molecule has 0 fully saturated rings. The van der Waals surface area contributed by atoms with E-state index >= 15 is 0 Å². The molecule has 0 saturated carbocycles. The number of hydrogen-bond donors (Lipinski definition) is 2. The molecule has 24 heavy (non-hydrogen) atoms. The lowest BCUT2D eigenvalue weighted by Crippen LogP contribution is -2.29. The Morgan fingerprint density at radius 3 is 2.71 bits per heavy atom. The topological polar surface area (TPSA) is 71.5 Å². The number of carbonyl (C=O) groups excluding carboxylic acids is 1. The number of ether oxygens (including phenoxy) is 1. The summed E-state index contributed by atoms with van der Waals surface area (Å²) in [5.41, 5.74) is 1.55. The molecule has 2 rings (SSSR count). The first kappa shape index (κ1) is 17.9. The molecule has 0 bridgehead atoms. The summed E-state index contributed by atoms with van der Waals surface area (Å²) >= 11 is 0. The molecule has 2 atom stereocenters. The van der Waals surface area contributed by atoms with Crippen molar-refractivity contribution >= 4 is 5.91 Å². The molecule has 2 unspecified atom stereocenters. The number of hydrogen-bond acceptors (Lipinski definition) is 4. The molecule has 128 valence electrons. The number of pyridine rings is 1. The molecule has 0 saturated heterocycles. The molecule has 2 N–H and O–H groups in total. The molecule has 0 aliphatic rings. The third-order valence-electron chi connectivity index (χ3n) is 3.58. The number of aromatic nitrogens is 1. The number of benzene rings is 1. The monoisotopic (exact) mass is 328 g/mol. The van der Waals surface area contributed by atoms with E-state index in [-0.39, 0.29) is 17.9 Å². The van der Waals surface area contributed by atoms with Crippen LogP contribution in [0, 0.1) is 5.92 Å². The van der Waals surface area contributed by atoms with Gasteiger partial charge in [-0.2, -0.15) is 0 Å². The number of aliphatic hydroxyl groups is 1. The fourth-order valence-corrected chi connectivity index (χ4v) is 2.40. The van der Waals surface area contributed by atoms with Crippen LogP contribution in [0.4, 0.5) is 0 Å². The highest BCUT2D eigenvalue weighted by molar-refractivity contribution is 5.94. The second-order valence-electron chi connectivity index (χ2n) is 6.06. The molecule has 2 aromatic rings. The molecule has 0 spiro atoms. The van der Waals surface area contributed by atoms with Crippen molar-refractivity contribution in [3.05, 3.63) is 59.8 Å². The van der Waals surface area contributed by atoms with Gasteiger partial charge in [0.1, 0.15) is 6.61 Å². The van der Waals surface area contributed by atoms with E-state index < -0.39 is 0 Å². The summed E-state index contributed by atoms with van der Waals surface area (Å²) < 4.78 is 5.64. The van der Waals surface area contributed by atoms with Crippen molar-refractivity contribution < 1.29 is 14.6 Å². The van der Waals surface area contributed by atoms with Gasteiger partial charge in [-0.1, -0.05) is 37.3 Å². The lowest BCUT2D eigenvalue weighted by molar-refractivity contribution is 0.0938. The Bertz CT molecular complexity index is 644. The van der Waals surface area contributed by atoms with Gasteiger partial charge in [0.05, 0.1) is 6.10 Å². The van der Waals surface area contributed by atoms with Crippen LogP contribution >= 0.6 is 0 Å². The molecule has 1 aromatic heterocycles. The molecule has 1 amide bonds.